The molecule has 0 aromatic heterocycles. The molecule has 1 atom stereocenters. The van der Waals surface area contributed by atoms with Crippen molar-refractivity contribution in [1.29, 1.82) is 0 Å². The standard InChI is InChI=1S/C18H29N3/c1-6-7-8-18(15(3)19)21(5)12-11-16-13-17(20-4)10-9-14(16)2/h6,9-10,13,18,20H,1,3,7-8,11-12,19H2,2,4-5H3. The van der Waals surface area contributed by atoms with Crippen molar-refractivity contribution >= 4 is 5.69 Å². The minimum absolute atomic E-state index is 0.218. The number of nitrogens with zero attached hydrogens (tertiary/aromatic N) is 1. The number of anilines is 1. The van der Waals surface area contributed by atoms with E-state index in [0.29, 0.717) is 0 Å². The number of benzene rings is 1. The van der Waals surface area contributed by atoms with E-state index >= 15 is 0 Å². The number of rotatable bonds is 9. The maximum Gasteiger partial charge on any atom is 0.0487 e. The molecule has 116 valence electrons. The molecular weight excluding hydrogens is 258 g/mol. The first-order valence-electron chi connectivity index (χ1n) is 7.52. The molecule has 21 heavy (non-hydrogen) atoms. The van der Waals surface area contributed by atoms with Gasteiger partial charge >= 0.3 is 0 Å². The summed E-state index contributed by atoms with van der Waals surface area (Å²) in [6.07, 6.45) is 4.88. The van der Waals surface area contributed by atoms with E-state index in [-0.39, 0.29) is 6.04 Å². The Hall–Kier alpha value is -1.74. The van der Waals surface area contributed by atoms with Crippen LogP contribution in [0.5, 0.6) is 0 Å². The fourth-order valence-corrected chi connectivity index (χ4v) is 2.51. The molecule has 0 radical (unpaired) electrons. The Kier molecular flexibility index (Phi) is 7.03. The van der Waals surface area contributed by atoms with Crippen molar-refractivity contribution in [1.82, 2.24) is 4.90 Å². The molecule has 1 aromatic rings. The van der Waals surface area contributed by atoms with Crippen molar-refractivity contribution < 1.29 is 0 Å². The largest absolute Gasteiger partial charge is 0.401 e. The van der Waals surface area contributed by atoms with Crippen LogP contribution in [0.4, 0.5) is 5.69 Å². The molecule has 3 nitrogen and oxygen atoms in total. The second kappa shape index (κ2) is 8.53. The van der Waals surface area contributed by atoms with E-state index in [0.717, 1.165) is 37.2 Å². The van der Waals surface area contributed by atoms with E-state index < -0.39 is 0 Å². The van der Waals surface area contributed by atoms with Crippen molar-refractivity contribution in [3.63, 3.8) is 0 Å². The van der Waals surface area contributed by atoms with Crippen molar-refractivity contribution in [3.8, 4) is 0 Å². The fraction of sp³-hybridized carbons (Fsp3) is 0.444. The van der Waals surface area contributed by atoms with Crippen molar-refractivity contribution in [3.05, 3.63) is 54.3 Å². The van der Waals surface area contributed by atoms with Crippen LogP contribution in [0.1, 0.15) is 24.0 Å². The highest BCUT2D eigenvalue weighted by Gasteiger charge is 2.15. The van der Waals surface area contributed by atoms with Gasteiger partial charge in [-0.3, -0.25) is 4.90 Å². The molecular formula is C18H29N3. The lowest BCUT2D eigenvalue weighted by atomic mass is 10.0. The van der Waals surface area contributed by atoms with Crippen molar-refractivity contribution in [2.24, 2.45) is 5.73 Å². The molecule has 0 aliphatic carbocycles. The number of hydrogen-bond acceptors (Lipinski definition) is 3. The SMILES string of the molecule is C=CCCC(C(=C)N)N(C)CCc1cc(NC)ccc1C. The number of aryl methyl sites for hydroxylation is 1. The van der Waals surface area contributed by atoms with Gasteiger partial charge in [0.05, 0.1) is 0 Å². The summed E-state index contributed by atoms with van der Waals surface area (Å²) in [6, 6.07) is 6.71. The summed E-state index contributed by atoms with van der Waals surface area (Å²) in [6.45, 7) is 10.8. The van der Waals surface area contributed by atoms with E-state index in [1.807, 2.05) is 13.1 Å². The lowest BCUT2D eigenvalue weighted by Gasteiger charge is -2.28. The molecule has 0 spiro atoms. The van der Waals surface area contributed by atoms with Crippen LogP contribution in [0, 0.1) is 6.92 Å². The van der Waals surface area contributed by atoms with E-state index in [2.05, 4.69) is 55.5 Å². The third kappa shape index (κ3) is 5.27. The first-order chi connectivity index (χ1) is 9.99. The smallest absolute Gasteiger partial charge is 0.0487 e. The van der Waals surface area contributed by atoms with Crippen LogP contribution in [0.3, 0.4) is 0 Å². The lowest BCUT2D eigenvalue weighted by molar-refractivity contribution is 0.262. The van der Waals surface area contributed by atoms with Gasteiger partial charge in [-0.1, -0.05) is 18.7 Å². The normalized spacial score (nSPS) is 12.2. The van der Waals surface area contributed by atoms with Gasteiger partial charge in [0.1, 0.15) is 0 Å². The fourth-order valence-electron chi connectivity index (χ4n) is 2.51. The summed E-state index contributed by atoms with van der Waals surface area (Å²) in [5, 5.41) is 3.19. The highest BCUT2D eigenvalue weighted by atomic mass is 15.1. The van der Waals surface area contributed by atoms with Gasteiger partial charge in [0, 0.05) is 31.0 Å². The predicted molar refractivity (Wildman–Crippen MR) is 93.6 cm³/mol. The average molecular weight is 287 g/mol. The van der Waals surface area contributed by atoms with Gasteiger partial charge in [-0.25, -0.2) is 0 Å². The van der Waals surface area contributed by atoms with Crippen molar-refractivity contribution in [2.75, 3.05) is 26.0 Å². The summed E-state index contributed by atoms with van der Waals surface area (Å²) in [4.78, 5) is 2.29. The minimum Gasteiger partial charge on any atom is -0.401 e. The van der Waals surface area contributed by atoms with Crippen LogP contribution < -0.4 is 11.1 Å². The lowest BCUT2D eigenvalue weighted by Crippen LogP contribution is -2.37. The Morgan fingerprint density at radius 2 is 2.19 bits per heavy atom. The van der Waals surface area contributed by atoms with E-state index in [4.69, 9.17) is 5.73 Å². The Morgan fingerprint density at radius 1 is 1.48 bits per heavy atom. The Morgan fingerprint density at radius 3 is 2.76 bits per heavy atom. The summed E-state index contributed by atoms with van der Waals surface area (Å²) >= 11 is 0. The molecule has 1 rings (SSSR count). The van der Waals surface area contributed by atoms with Gasteiger partial charge in [-0.05, 0) is 56.5 Å². The zero-order valence-corrected chi connectivity index (χ0v) is 13.7. The van der Waals surface area contributed by atoms with Gasteiger partial charge in [0.2, 0.25) is 0 Å². The Labute approximate surface area is 129 Å². The topological polar surface area (TPSA) is 41.3 Å². The molecule has 0 saturated heterocycles. The third-order valence-corrected chi connectivity index (χ3v) is 3.98. The maximum absolute atomic E-state index is 5.94. The highest BCUT2D eigenvalue weighted by Crippen LogP contribution is 2.17. The molecule has 0 fully saturated rings. The number of allylic oxidation sites excluding steroid dienone is 1. The molecule has 0 amide bonds. The summed E-state index contributed by atoms with van der Waals surface area (Å²) in [7, 11) is 4.06. The van der Waals surface area contributed by atoms with Gasteiger partial charge < -0.3 is 11.1 Å². The monoisotopic (exact) mass is 287 g/mol. The van der Waals surface area contributed by atoms with Gasteiger partial charge in [-0.15, -0.1) is 6.58 Å². The molecule has 0 aliphatic rings. The molecule has 0 aliphatic heterocycles. The minimum atomic E-state index is 0.218. The maximum atomic E-state index is 5.94. The molecule has 1 unspecified atom stereocenters. The molecule has 3 N–H and O–H groups in total. The van der Waals surface area contributed by atoms with Crippen LogP contribution in [-0.2, 0) is 6.42 Å². The van der Waals surface area contributed by atoms with Crippen LogP contribution >= 0.6 is 0 Å². The third-order valence-electron chi connectivity index (χ3n) is 3.98. The number of hydrogen-bond donors (Lipinski definition) is 2. The second-order valence-corrected chi connectivity index (χ2v) is 5.58. The first kappa shape index (κ1) is 17.3. The zero-order valence-electron chi connectivity index (χ0n) is 13.7. The average Bonchev–Trinajstić information content (AvgIpc) is 2.46. The number of nitrogens with one attached hydrogen (secondary N) is 1. The quantitative estimate of drug-likeness (QED) is 0.685. The van der Waals surface area contributed by atoms with Crippen LogP contribution in [-0.4, -0.2) is 31.6 Å². The number of nitrogens with two attached hydrogens (primary N) is 1. The molecule has 0 saturated carbocycles. The molecule has 0 heterocycles. The van der Waals surface area contributed by atoms with E-state index in [9.17, 15) is 0 Å². The van der Waals surface area contributed by atoms with E-state index in [1.54, 1.807) is 0 Å². The van der Waals surface area contributed by atoms with E-state index in [1.165, 1.54) is 11.1 Å². The Balaban J connectivity index is 2.67. The van der Waals surface area contributed by atoms with Crippen LogP contribution in [0.15, 0.2) is 43.1 Å². The van der Waals surface area contributed by atoms with Crippen molar-refractivity contribution in [2.45, 2.75) is 32.2 Å². The molecule has 1 aromatic carbocycles. The Bertz CT molecular complexity index is 479. The number of likely N-dealkylation sites (N-methyl/N-ethyl adjacent to an activating group) is 1. The van der Waals surface area contributed by atoms with Gasteiger partial charge in [0.25, 0.3) is 0 Å². The first-order valence-corrected chi connectivity index (χ1v) is 7.52. The van der Waals surface area contributed by atoms with Gasteiger partial charge in [-0.2, -0.15) is 0 Å². The highest BCUT2D eigenvalue weighted by molar-refractivity contribution is 5.48. The van der Waals surface area contributed by atoms with Crippen LogP contribution in [0.2, 0.25) is 0 Å². The predicted octanol–water partition coefficient (Wildman–Crippen LogP) is 3.32. The summed E-state index contributed by atoms with van der Waals surface area (Å²) < 4.78 is 0. The molecule has 3 heteroatoms. The molecule has 0 bridgehead atoms. The second-order valence-electron chi connectivity index (χ2n) is 5.58. The summed E-state index contributed by atoms with van der Waals surface area (Å²) in [5.41, 5.74) is 10.5. The summed E-state index contributed by atoms with van der Waals surface area (Å²) in [5.74, 6) is 0. The zero-order chi connectivity index (χ0) is 15.8. The van der Waals surface area contributed by atoms with Gasteiger partial charge in [0.15, 0.2) is 0 Å². The van der Waals surface area contributed by atoms with Crippen LogP contribution in [0.25, 0.3) is 0 Å².